The molecule has 0 aliphatic carbocycles. The quantitative estimate of drug-likeness (QED) is 0.801. The Bertz CT molecular complexity index is 755. The van der Waals surface area contributed by atoms with E-state index < -0.39 is 11.7 Å². The van der Waals surface area contributed by atoms with Gasteiger partial charge in [-0.15, -0.1) is 0 Å². The maximum Gasteiger partial charge on any atom is 0.417 e. The van der Waals surface area contributed by atoms with E-state index in [1.54, 1.807) is 17.0 Å². The van der Waals surface area contributed by atoms with Crippen LogP contribution in [0.15, 0.2) is 42.6 Å². The van der Waals surface area contributed by atoms with Gasteiger partial charge in [-0.2, -0.15) is 13.2 Å². The van der Waals surface area contributed by atoms with Crippen molar-refractivity contribution in [3.8, 4) is 5.75 Å². The molecule has 0 saturated carbocycles. The third-order valence-corrected chi connectivity index (χ3v) is 4.08. The number of aromatic nitrogens is 1. The van der Waals surface area contributed by atoms with Crippen molar-refractivity contribution in [1.82, 2.24) is 9.88 Å². The van der Waals surface area contributed by atoms with Gasteiger partial charge < -0.3 is 20.2 Å². The van der Waals surface area contributed by atoms with Crippen LogP contribution >= 0.6 is 0 Å². The number of pyridine rings is 1. The number of carbonyl (C=O) groups excluding carboxylic acids is 1. The van der Waals surface area contributed by atoms with Gasteiger partial charge in [-0.05, 0) is 36.4 Å². The fourth-order valence-electron chi connectivity index (χ4n) is 2.63. The molecule has 1 aromatic carbocycles. The van der Waals surface area contributed by atoms with Gasteiger partial charge in [0.2, 0.25) is 0 Å². The van der Waals surface area contributed by atoms with E-state index in [-0.39, 0.29) is 11.8 Å². The highest BCUT2D eigenvalue weighted by Gasteiger charge is 2.31. The topological polar surface area (TPSA) is 68.7 Å². The van der Waals surface area contributed by atoms with Gasteiger partial charge in [-0.3, -0.25) is 0 Å². The molecular formula is C17H17F3N4O2. The van der Waals surface area contributed by atoms with Crippen molar-refractivity contribution < 1.29 is 23.1 Å². The van der Waals surface area contributed by atoms with Gasteiger partial charge in [0.1, 0.15) is 11.6 Å². The summed E-state index contributed by atoms with van der Waals surface area (Å²) < 4.78 is 37.8. The fraction of sp³-hybridized carbons (Fsp3) is 0.294. The molecule has 2 aromatic rings. The van der Waals surface area contributed by atoms with Crippen LogP contribution in [0.2, 0.25) is 0 Å². The van der Waals surface area contributed by atoms with E-state index in [9.17, 15) is 23.1 Å². The number of rotatable bonds is 2. The van der Waals surface area contributed by atoms with Crippen LogP contribution < -0.4 is 10.2 Å². The summed E-state index contributed by atoms with van der Waals surface area (Å²) in [7, 11) is 0. The molecule has 138 valence electrons. The summed E-state index contributed by atoms with van der Waals surface area (Å²) in [5, 5.41) is 12.0. The molecule has 0 unspecified atom stereocenters. The van der Waals surface area contributed by atoms with Crippen LogP contribution in [0, 0.1) is 0 Å². The van der Waals surface area contributed by atoms with Crippen LogP contribution in [0.5, 0.6) is 5.75 Å². The third kappa shape index (κ3) is 4.16. The number of hydrogen-bond acceptors (Lipinski definition) is 4. The number of hydrogen-bond donors (Lipinski definition) is 2. The molecule has 1 saturated heterocycles. The van der Waals surface area contributed by atoms with Gasteiger partial charge in [-0.25, -0.2) is 9.78 Å². The smallest absolute Gasteiger partial charge is 0.417 e. The van der Waals surface area contributed by atoms with Gasteiger partial charge >= 0.3 is 12.2 Å². The summed E-state index contributed by atoms with van der Waals surface area (Å²) in [6.07, 6.45) is -3.59. The molecule has 1 fully saturated rings. The van der Waals surface area contributed by atoms with E-state index in [1.165, 1.54) is 18.2 Å². The molecule has 6 nitrogen and oxygen atoms in total. The predicted octanol–water partition coefficient (Wildman–Crippen LogP) is 3.16. The highest BCUT2D eigenvalue weighted by Crippen LogP contribution is 2.29. The van der Waals surface area contributed by atoms with Gasteiger partial charge in [0, 0.05) is 38.1 Å². The van der Waals surface area contributed by atoms with Gasteiger partial charge in [-0.1, -0.05) is 0 Å². The zero-order chi connectivity index (χ0) is 18.7. The zero-order valence-corrected chi connectivity index (χ0v) is 13.7. The largest absolute Gasteiger partial charge is 0.508 e. The molecule has 1 aliphatic heterocycles. The van der Waals surface area contributed by atoms with Crippen LogP contribution in [0.1, 0.15) is 5.56 Å². The minimum Gasteiger partial charge on any atom is -0.508 e. The van der Waals surface area contributed by atoms with Crippen molar-refractivity contribution >= 4 is 17.5 Å². The highest BCUT2D eigenvalue weighted by molar-refractivity contribution is 5.89. The first-order valence-electron chi connectivity index (χ1n) is 7.96. The lowest BCUT2D eigenvalue weighted by Gasteiger charge is -2.35. The molecule has 3 rings (SSSR count). The molecule has 0 atom stereocenters. The average molecular weight is 366 g/mol. The van der Waals surface area contributed by atoms with E-state index in [0.29, 0.717) is 37.7 Å². The lowest BCUT2D eigenvalue weighted by Crippen LogP contribution is -2.50. The standard InChI is InChI=1S/C17H17F3N4O2/c18-17(19,20)12-1-6-15(21-11-12)23-7-9-24(10-8-23)16(26)22-13-2-4-14(25)5-3-13/h1-6,11,25H,7-10H2,(H,22,26). The minimum atomic E-state index is -4.41. The second kappa shape index (κ2) is 7.11. The number of halogens is 3. The average Bonchev–Trinajstić information content (AvgIpc) is 2.63. The van der Waals surface area contributed by atoms with Crippen LogP contribution in [0.25, 0.3) is 0 Å². The number of amides is 2. The Morgan fingerprint density at radius 1 is 1.04 bits per heavy atom. The Morgan fingerprint density at radius 3 is 2.23 bits per heavy atom. The first-order valence-corrected chi connectivity index (χ1v) is 7.96. The van der Waals surface area contributed by atoms with Crippen LogP contribution in [-0.2, 0) is 6.18 Å². The Hall–Kier alpha value is -2.97. The number of benzene rings is 1. The van der Waals surface area contributed by atoms with Crippen LogP contribution in [0.3, 0.4) is 0 Å². The summed E-state index contributed by atoms with van der Waals surface area (Å²) in [6.45, 7) is 1.79. The van der Waals surface area contributed by atoms with E-state index in [1.807, 2.05) is 4.90 Å². The van der Waals surface area contributed by atoms with E-state index in [2.05, 4.69) is 10.3 Å². The molecule has 0 bridgehead atoms. The third-order valence-electron chi connectivity index (χ3n) is 4.08. The number of aromatic hydroxyl groups is 1. The lowest BCUT2D eigenvalue weighted by atomic mass is 10.2. The number of nitrogens with zero attached hydrogens (tertiary/aromatic N) is 3. The molecule has 0 radical (unpaired) electrons. The number of urea groups is 1. The Balaban J connectivity index is 1.55. The number of phenolic OH excluding ortho intramolecular Hbond substituents is 1. The Morgan fingerprint density at radius 2 is 1.69 bits per heavy atom. The van der Waals surface area contributed by atoms with Gasteiger partial charge in [0.25, 0.3) is 0 Å². The zero-order valence-electron chi connectivity index (χ0n) is 13.7. The number of piperazine rings is 1. The first-order chi connectivity index (χ1) is 12.3. The van der Waals surface area contributed by atoms with Crippen LogP contribution in [-0.4, -0.2) is 47.2 Å². The number of carbonyl (C=O) groups is 1. The molecule has 0 spiro atoms. The first kappa shape index (κ1) is 17.8. The van der Waals surface area contributed by atoms with Crippen molar-refractivity contribution in [2.75, 3.05) is 36.4 Å². The van der Waals surface area contributed by atoms with Gasteiger partial charge in [0.05, 0.1) is 5.56 Å². The molecule has 1 aliphatic rings. The molecule has 9 heteroatoms. The Kier molecular flexibility index (Phi) is 4.88. The fourth-order valence-corrected chi connectivity index (χ4v) is 2.63. The van der Waals surface area contributed by atoms with E-state index in [4.69, 9.17) is 0 Å². The van der Waals surface area contributed by atoms with Crippen molar-refractivity contribution in [2.24, 2.45) is 0 Å². The Labute approximate surface area is 147 Å². The monoisotopic (exact) mass is 366 g/mol. The maximum absolute atomic E-state index is 12.6. The number of phenols is 1. The molecule has 1 aromatic heterocycles. The second-order valence-electron chi connectivity index (χ2n) is 5.85. The minimum absolute atomic E-state index is 0.112. The van der Waals surface area contributed by atoms with E-state index in [0.717, 1.165) is 12.3 Å². The van der Waals surface area contributed by atoms with Gasteiger partial charge in [0.15, 0.2) is 0 Å². The van der Waals surface area contributed by atoms with Crippen molar-refractivity contribution in [3.05, 3.63) is 48.2 Å². The number of nitrogens with one attached hydrogen (secondary N) is 1. The van der Waals surface area contributed by atoms with Crippen molar-refractivity contribution in [3.63, 3.8) is 0 Å². The van der Waals surface area contributed by atoms with E-state index >= 15 is 0 Å². The maximum atomic E-state index is 12.6. The summed E-state index contributed by atoms with van der Waals surface area (Å²) in [5.41, 5.74) is -0.215. The molecule has 26 heavy (non-hydrogen) atoms. The molecule has 2 N–H and O–H groups in total. The summed E-state index contributed by atoms with van der Waals surface area (Å²) in [6, 6.07) is 8.22. The lowest BCUT2D eigenvalue weighted by molar-refractivity contribution is -0.137. The SMILES string of the molecule is O=C(Nc1ccc(O)cc1)N1CCN(c2ccc(C(F)(F)F)cn2)CC1. The highest BCUT2D eigenvalue weighted by atomic mass is 19.4. The van der Waals surface area contributed by atoms with Crippen LogP contribution in [0.4, 0.5) is 29.5 Å². The summed E-state index contributed by atoms with van der Waals surface area (Å²) in [5.74, 6) is 0.567. The molecule has 2 heterocycles. The molecular weight excluding hydrogens is 349 g/mol. The van der Waals surface area contributed by atoms with Crippen molar-refractivity contribution in [2.45, 2.75) is 6.18 Å². The summed E-state index contributed by atoms with van der Waals surface area (Å²) in [4.78, 5) is 19.6. The normalized spacial score (nSPS) is 15.0. The predicted molar refractivity (Wildman–Crippen MR) is 90.2 cm³/mol. The second-order valence-corrected chi connectivity index (χ2v) is 5.85. The molecule has 2 amide bonds. The number of anilines is 2. The number of alkyl halides is 3. The van der Waals surface area contributed by atoms with Crippen molar-refractivity contribution in [1.29, 1.82) is 0 Å². The summed E-state index contributed by atoms with van der Waals surface area (Å²) >= 11 is 0.